The summed E-state index contributed by atoms with van der Waals surface area (Å²) in [5.41, 5.74) is 1.05. The molecular weight excluding hydrogens is 342 g/mol. The first-order valence-electron chi connectivity index (χ1n) is 7.93. The average Bonchev–Trinajstić information content (AvgIpc) is 3.10. The molecule has 0 saturated carbocycles. The van der Waals surface area contributed by atoms with E-state index in [4.69, 9.17) is 9.15 Å². The van der Waals surface area contributed by atoms with Crippen LogP contribution in [0.5, 0.6) is 0 Å². The second kappa shape index (κ2) is 8.17. The number of aromatic nitrogens is 1. The zero-order chi connectivity index (χ0) is 17.6. The van der Waals surface area contributed by atoms with E-state index in [1.807, 2.05) is 24.3 Å². The number of para-hydroxylation sites is 1. The van der Waals surface area contributed by atoms with Crippen LogP contribution in [0.2, 0.25) is 0 Å². The fourth-order valence-corrected chi connectivity index (χ4v) is 3.40. The summed E-state index contributed by atoms with van der Waals surface area (Å²) in [6.07, 6.45) is 2.04. The first kappa shape index (κ1) is 17.5. The van der Waals surface area contributed by atoms with Crippen molar-refractivity contribution in [3.05, 3.63) is 42.1 Å². The summed E-state index contributed by atoms with van der Waals surface area (Å²) in [7, 11) is 1.62. The molecule has 3 rings (SSSR count). The molecule has 1 aromatic carbocycles. The van der Waals surface area contributed by atoms with Crippen LogP contribution >= 0.6 is 11.8 Å². The number of amides is 2. The van der Waals surface area contributed by atoms with Crippen molar-refractivity contribution in [1.29, 1.82) is 0 Å². The van der Waals surface area contributed by atoms with Crippen molar-refractivity contribution < 1.29 is 18.7 Å². The fraction of sp³-hybridized carbons (Fsp3) is 0.353. The number of methoxy groups -OCH3 is 1. The van der Waals surface area contributed by atoms with Crippen molar-refractivity contribution in [2.75, 3.05) is 30.9 Å². The monoisotopic (exact) mass is 361 g/mol. The lowest BCUT2D eigenvalue weighted by molar-refractivity contribution is -0.116. The van der Waals surface area contributed by atoms with E-state index in [0.717, 1.165) is 17.0 Å². The minimum Gasteiger partial charge on any atom is -0.446 e. The molecule has 2 aromatic rings. The highest BCUT2D eigenvalue weighted by Gasteiger charge is 2.26. The van der Waals surface area contributed by atoms with Gasteiger partial charge in [0.05, 0.1) is 11.4 Å². The van der Waals surface area contributed by atoms with Crippen LogP contribution in [-0.2, 0) is 16.1 Å². The maximum atomic E-state index is 12.2. The van der Waals surface area contributed by atoms with Crippen molar-refractivity contribution >= 4 is 29.3 Å². The van der Waals surface area contributed by atoms with E-state index < -0.39 is 0 Å². The number of fused-ring (bicyclic) bond motifs is 1. The Morgan fingerprint density at radius 1 is 1.44 bits per heavy atom. The van der Waals surface area contributed by atoms with Gasteiger partial charge in [0.1, 0.15) is 12.8 Å². The number of hydrogen-bond acceptors (Lipinski definition) is 6. The van der Waals surface area contributed by atoms with Crippen molar-refractivity contribution in [2.45, 2.75) is 17.9 Å². The highest BCUT2D eigenvalue weighted by molar-refractivity contribution is 8.00. The molecule has 0 saturated heterocycles. The molecule has 0 unspecified atom stereocenters. The van der Waals surface area contributed by atoms with Gasteiger partial charge in [-0.2, -0.15) is 0 Å². The van der Waals surface area contributed by atoms with Crippen LogP contribution in [0.4, 0.5) is 5.69 Å². The number of oxazole rings is 1. The van der Waals surface area contributed by atoms with Gasteiger partial charge in [-0.1, -0.05) is 12.1 Å². The Morgan fingerprint density at radius 2 is 2.28 bits per heavy atom. The quantitative estimate of drug-likeness (QED) is 0.760. The van der Waals surface area contributed by atoms with Crippen molar-refractivity contribution in [3.8, 4) is 0 Å². The first-order valence-corrected chi connectivity index (χ1v) is 8.91. The maximum absolute atomic E-state index is 12.2. The van der Waals surface area contributed by atoms with Gasteiger partial charge in [-0.05, 0) is 18.6 Å². The minimum absolute atomic E-state index is 0.00697. The second-order valence-electron chi connectivity index (χ2n) is 5.47. The molecule has 25 heavy (non-hydrogen) atoms. The lowest BCUT2D eigenvalue weighted by atomic mass is 10.2. The van der Waals surface area contributed by atoms with Gasteiger partial charge >= 0.3 is 0 Å². The van der Waals surface area contributed by atoms with Crippen LogP contribution in [0, 0.1) is 0 Å². The number of carbonyl (C=O) groups excluding carboxylic acids is 2. The molecule has 2 heterocycles. The van der Waals surface area contributed by atoms with Crippen LogP contribution in [-0.4, -0.2) is 42.8 Å². The molecule has 0 aliphatic carbocycles. The molecule has 1 aliphatic rings. The SMILES string of the molecule is COCCCNC(=O)c1coc(CN2C(=O)CSc3ccccc32)n1. The molecule has 0 spiro atoms. The van der Waals surface area contributed by atoms with E-state index in [-0.39, 0.29) is 24.1 Å². The third kappa shape index (κ3) is 4.21. The Labute approximate surface area is 149 Å². The number of anilines is 1. The van der Waals surface area contributed by atoms with E-state index in [1.165, 1.54) is 18.0 Å². The zero-order valence-corrected chi connectivity index (χ0v) is 14.7. The largest absolute Gasteiger partial charge is 0.446 e. The maximum Gasteiger partial charge on any atom is 0.273 e. The van der Waals surface area contributed by atoms with Crippen LogP contribution in [0.15, 0.2) is 39.8 Å². The van der Waals surface area contributed by atoms with E-state index in [1.54, 1.807) is 12.0 Å². The predicted molar refractivity (Wildman–Crippen MR) is 93.7 cm³/mol. The normalized spacial score (nSPS) is 13.6. The number of rotatable bonds is 7. The molecule has 2 amide bonds. The standard InChI is InChI=1S/C17H19N3O4S/c1-23-8-4-7-18-17(22)12-10-24-15(19-12)9-20-13-5-2-3-6-14(13)25-11-16(20)21/h2-3,5-6,10H,4,7-9,11H2,1H3,(H,18,22). The van der Waals surface area contributed by atoms with Gasteiger partial charge in [0, 0.05) is 25.2 Å². The van der Waals surface area contributed by atoms with Crippen molar-refractivity contribution in [1.82, 2.24) is 10.3 Å². The highest BCUT2D eigenvalue weighted by atomic mass is 32.2. The summed E-state index contributed by atoms with van der Waals surface area (Å²) in [5.74, 6) is 0.404. The summed E-state index contributed by atoms with van der Waals surface area (Å²) in [4.78, 5) is 31.2. The van der Waals surface area contributed by atoms with Crippen molar-refractivity contribution in [2.24, 2.45) is 0 Å². The van der Waals surface area contributed by atoms with Crippen LogP contribution in [0.25, 0.3) is 0 Å². The summed E-state index contributed by atoms with van der Waals surface area (Å²) in [5, 5.41) is 2.75. The average molecular weight is 361 g/mol. The van der Waals surface area contributed by atoms with Gasteiger partial charge in [0.2, 0.25) is 11.8 Å². The minimum atomic E-state index is -0.299. The molecule has 0 bridgehead atoms. The van der Waals surface area contributed by atoms with Gasteiger partial charge in [0.15, 0.2) is 5.69 Å². The molecular formula is C17H19N3O4S. The Kier molecular flexibility index (Phi) is 5.72. The van der Waals surface area contributed by atoms with E-state index in [9.17, 15) is 9.59 Å². The summed E-state index contributed by atoms with van der Waals surface area (Å²) in [6, 6.07) is 7.70. The second-order valence-corrected chi connectivity index (χ2v) is 6.48. The molecule has 0 fully saturated rings. The number of hydrogen-bond donors (Lipinski definition) is 1. The smallest absolute Gasteiger partial charge is 0.273 e. The Hall–Kier alpha value is -2.32. The summed E-state index contributed by atoms with van der Waals surface area (Å²) in [6.45, 7) is 1.29. The Balaban J connectivity index is 1.65. The molecule has 1 N–H and O–H groups in total. The van der Waals surface area contributed by atoms with Gasteiger partial charge in [0.25, 0.3) is 5.91 Å². The zero-order valence-electron chi connectivity index (χ0n) is 13.9. The number of nitrogens with one attached hydrogen (secondary N) is 1. The lowest BCUT2D eigenvalue weighted by Crippen LogP contribution is -2.34. The van der Waals surface area contributed by atoms with E-state index in [2.05, 4.69) is 10.3 Å². The molecule has 1 aromatic heterocycles. The lowest BCUT2D eigenvalue weighted by Gasteiger charge is -2.27. The number of carbonyl (C=O) groups is 2. The van der Waals surface area contributed by atoms with E-state index in [0.29, 0.717) is 24.8 Å². The van der Waals surface area contributed by atoms with Gasteiger partial charge in [-0.25, -0.2) is 4.98 Å². The molecule has 0 radical (unpaired) electrons. The van der Waals surface area contributed by atoms with Gasteiger partial charge in [-0.15, -0.1) is 11.8 Å². The highest BCUT2D eigenvalue weighted by Crippen LogP contribution is 2.35. The van der Waals surface area contributed by atoms with Crippen LogP contribution < -0.4 is 10.2 Å². The molecule has 132 valence electrons. The summed E-state index contributed by atoms with van der Waals surface area (Å²) >= 11 is 1.52. The van der Waals surface area contributed by atoms with Crippen LogP contribution in [0.1, 0.15) is 22.8 Å². The Bertz CT molecular complexity index is 762. The Morgan fingerprint density at radius 3 is 3.12 bits per heavy atom. The topological polar surface area (TPSA) is 84.7 Å². The molecule has 8 heteroatoms. The third-order valence-electron chi connectivity index (χ3n) is 3.70. The molecule has 1 aliphatic heterocycles. The molecule has 0 atom stereocenters. The van der Waals surface area contributed by atoms with E-state index >= 15 is 0 Å². The molecule has 7 nitrogen and oxygen atoms in total. The number of nitrogens with zero attached hydrogens (tertiary/aromatic N) is 2. The van der Waals surface area contributed by atoms with Gasteiger partial charge < -0.3 is 19.4 Å². The number of benzene rings is 1. The predicted octanol–water partition coefficient (Wildman–Crippen LogP) is 2.08. The van der Waals surface area contributed by atoms with Crippen LogP contribution in [0.3, 0.4) is 0 Å². The van der Waals surface area contributed by atoms with Crippen molar-refractivity contribution in [3.63, 3.8) is 0 Å². The van der Waals surface area contributed by atoms with Gasteiger partial charge in [-0.3, -0.25) is 9.59 Å². The third-order valence-corrected chi connectivity index (χ3v) is 4.74. The summed E-state index contributed by atoms with van der Waals surface area (Å²) < 4.78 is 10.3. The number of thioether (sulfide) groups is 1. The first-order chi connectivity index (χ1) is 12.2. The fourth-order valence-electron chi connectivity index (χ4n) is 2.46. The number of ether oxygens (including phenoxy) is 1.